The zero-order chi connectivity index (χ0) is 40.7. The molecule has 58 heavy (non-hydrogen) atoms. The van der Waals surface area contributed by atoms with Crippen LogP contribution in [0.25, 0.3) is 22.5 Å². The van der Waals surface area contributed by atoms with Crippen molar-refractivity contribution in [3.63, 3.8) is 0 Å². The van der Waals surface area contributed by atoms with Crippen LogP contribution in [0.4, 0.5) is 0 Å². The van der Waals surface area contributed by atoms with Gasteiger partial charge in [0, 0.05) is 17.5 Å². The summed E-state index contributed by atoms with van der Waals surface area (Å²) in [6.45, 7) is 6.93. The van der Waals surface area contributed by atoms with Gasteiger partial charge in [0.2, 0.25) is 5.28 Å². The molecule has 0 aliphatic rings. The van der Waals surface area contributed by atoms with Gasteiger partial charge in [-0.05, 0) is 90.9 Å². The first-order valence-corrected chi connectivity index (χ1v) is 19.5. The second-order valence-corrected chi connectivity index (χ2v) is 13.9. The van der Waals surface area contributed by atoms with Crippen LogP contribution in [0.15, 0.2) is 127 Å². The van der Waals surface area contributed by atoms with E-state index in [9.17, 15) is 0 Å². The van der Waals surface area contributed by atoms with Crippen molar-refractivity contribution in [1.29, 1.82) is 0 Å². The van der Waals surface area contributed by atoms with Crippen molar-refractivity contribution in [1.82, 2.24) is 30.4 Å². The summed E-state index contributed by atoms with van der Waals surface area (Å²) in [6.07, 6.45) is 2.94. The van der Waals surface area contributed by atoms with E-state index in [2.05, 4.69) is 62.6 Å². The number of rotatable bonds is 15. The lowest BCUT2D eigenvalue weighted by Gasteiger charge is -2.16. The first kappa shape index (κ1) is 41.2. The topological polar surface area (TPSA) is 114 Å². The number of ether oxygens (including phenoxy) is 4. The van der Waals surface area contributed by atoms with Crippen molar-refractivity contribution >= 4 is 11.6 Å². The van der Waals surface area contributed by atoms with E-state index >= 15 is 0 Å². The van der Waals surface area contributed by atoms with E-state index in [4.69, 9.17) is 35.5 Å². The maximum absolute atomic E-state index is 6.01. The molecule has 0 amide bonds. The summed E-state index contributed by atoms with van der Waals surface area (Å²) in [5.41, 5.74) is 8.26. The summed E-state index contributed by atoms with van der Waals surface area (Å²) >= 11 is 5.85. The normalized spacial score (nSPS) is 11.2. The van der Waals surface area contributed by atoms with Gasteiger partial charge in [0.1, 0.15) is 13.2 Å². The highest BCUT2D eigenvalue weighted by molar-refractivity contribution is 6.28. The van der Waals surface area contributed by atoms with Crippen LogP contribution in [0.5, 0.6) is 23.0 Å². The summed E-state index contributed by atoms with van der Waals surface area (Å²) in [4.78, 5) is 9.16. The molecule has 0 aliphatic carbocycles. The van der Waals surface area contributed by atoms with Crippen LogP contribution in [0, 0.1) is 13.8 Å². The van der Waals surface area contributed by atoms with Crippen LogP contribution >= 0.6 is 11.6 Å². The minimum atomic E-state index is 0.110. The molecule has 1 atom stereocenters. The van der Waals surface area contributed by atoms with Crippen molar-refractivity contribution in [2.75, 3.05) is 14.2 Å². The van der Waals surface area contributed by atoms with Gasteiger partial charge in [-0.25, -0.2) is 9.97 Å². The molecule has 10 nitrogen and oxygen atoms in total. The molecule has 0 N–H and O–H groups in total. The fourth-order valence-electron chi connectivity index (χ4n) is 6.42. The van der Waals surface area contributed by atoms with Gasteiger partial charge in [-0.2, -0.15) is 10.2 Å². The Morgan fingerprint density at radius 1 is 0.552 bits per heavy atom. The molecule has 0 spiro atoms. The molecular weight excluding hydrogens is 748 g/mol. The number of hydrogen-bond donors (Lipinski definition) is 0. The average molecular weight is 795 g/mol. The highest BCUT2D eigenvalue weighted by Crippen LogP contribution is 2.35. The molecule has 5 aromatic carbocycles. The van der Waals surface area contributed by atoms with Crippen molar-refractivity contribution in [2.45, 2.75) is 59.2 Å². The van der Waals surface area contributed by atoms with E-state index in [1.807, 2.05) is 111 Å². The van der Waals surface area contributed by atoms with Crippen LogP contribution in [-0.2, 0) is 19.6 Å². The van der Waals surface area contributed by atoms with Crippen LogP contribution in [-0.4, -0.2) is 44.6 Å². The number of halogens is 1. The van der Waals surface area contributed by atoms with Gasteiger partial charge in [0.15, 0.2) is 28.8 Å². The van der Waals surface area contributed by atoms with Crippen molar-refractivity contribution in [3.8, 4) is 45.5 Å². The first-order valence-electron chi connectivity index (χ1n) is 19.2. The standard InChI is InChI=1S/C29H31N3O2.C18H16ClN3O2/c1-4-11-24(23-14-9-6-10-15-23)19-28-30-29(21(2)31-32-28)25-16-17-26(27(18-25)33-3)34-20-22-12-7-5-8-13-22;1-12-17(20-18(19)22-21-12)14-8-9-15(16(10-14)23-2)24-11-13-6-4-3-5-7-13/h5-10,12-18,24H,4,11,19-20H2,1-3H3;3-10H,11H2,1-2H3. The summed E-state index contributed by atoms with van der Waals surface area (Å²) in [5, 5.41) is 16.7. The van der Waals surface area contributed by atoms with E-state index in [1.54, 1.807) is 14.2 Å². The molecule has 2 heterocycles. The Morgan fingerprint density at radius 2 is 1.03 bits per heavy atom. The average Bonchev–Trinajstić information content (AvgIpc) is 3.27. The van der Waals surface area contributed by atoms with E-state index in [-0.39, 0.29) is 5.28 Å². The lowest BCUT2D eigenvalue weighted by Crippen LogP contribution is -2.09. The molecule has 296 valence electrons. The van der Waals surface area contributed by atoms with Gasteiger partial charge < -0.3 is 18.9 Å². The summed E-state index contributed by atoms with van der Waals surface area (Å²) in [7, 11) is 3.26. The highest BCUT2D eigenvalue weighted by Gasteiger charge is 2.17. The van der Waals surface area contributed by atoms with Gasteiger partial charge in [-0.1, -0.05) is 104 Å². The SMILES string of the molecule is CCCC(Cc1nnc(C)c(-c2ccc(OCc3ccccc3)c(OC)c2)n1)c1ccccc1.COc1cc(-c2nc(Cl)nnc2C)ccc1OCc1ccccc1. The van der Waals surface area contributed by atoms with Crippen molar-refractivity contribution in [3.05, 3.63) is 167 Å². The molecule has 7 aromatic rings. The van der Waals surface area contributed by atoms with Crippen molar-refractivity contribution in [2.24, 2.45) is 0 Å². The van der Waals surface area contributed by atoms with Gasteiger partial charge >= 0.3 is 0 Å². The maximum atomic E-state index is 6.01. The maximum Gasteiger partial charge on any atom is 0.243 e. The van der Waals surface area contributed by atoms with E-state index in [0.717, 1.165) is 58.7 Å². The lowest BCUT2D eigenvalue weighted by atomic mass is 9.91. The molecule has 0 aliphatic heterocycles. The fraction of sp³-hybridized carbons (Fsp3) is 0.234. The van der Waals surface area contributed by atoms with E-state index in [1.165, 1.54) is 5.56 Å². The van der Waals surface area contributed by atoms with Crippen LogP contribution in [0.1, 0.15) is 59.6 Å². The number of methoxy groups -OCH3 is 2. The van der Waals surface area contributed by atoms with Gasteiger partial charge in [-0.3, -0.25) is 0 Å². The van der Waals surface area contributed by atoms with Gasteiger partial charge in [0.05, 0.1) is 37.0 Å². The number of benzene rings is 5. The molecule has 0 saturated carbocycles. The number of hydrogen-bond acceptors (Lipinski definition) is 10. The molecule has 2 aromatic heterocycles. The summed E-state index contributed by atoms with van der Waals surface area (Å²) < 4.78 is 22.9. The Kier molecular flexibility index (Phi) is 14.7. The number of nitrogens with zero attached hydrogens (tertiary/aromatic N) is 6. The Balaban J connectivity index is 0.000000208. The third-order valence-corrected chi connectivity index (χ3v) is 9.57. The lowest BCUT2D eigenvalue weighted by molar-refractivity contribution is 0.284. The second-order valence-electron chi connectivity index (χ2n) is 13.6. The largest absolute Gasteiger partial charge is 0.493 e. The minimum Gasteiger partial charge on any atom is -0.493 e. The molecule has 0 saturated heterocycles. The van der Waals surface area contributed by atoms with Crippen molar-refractivity contribution < 1.29 is 18.9 Å². The Bertz CT molecular complexity index is 2370. The number of aryl methyl sites for hydroxylation is 2. The predicted octanol–water partition coefficient (Wildman–Crippen LogP) is 10.6. The molecule has 1 unspecified atom stereocenters. The molecule has 7 rings (SSSR count). The third-order valence-electron chi connectivity index (χ3n) is 9.41. The van der Waals surface area contributed by atoms with Crippen LogP contribution in [0.3, 0.4) is 0 Å². The molecular formula is C47H47ClN6O4. The monoisotopic (exact) mass is 794 g/mol. The Labute approximate surface area is 345 Å². The summed E-state index contributed by atoms with van der Waals surface area (Å²) in [6, 6.07) is 42.1. The minimum absolute atomic E-state index is 0.110. The number of aromatic nitrogens is 6. The summed E-state index contributed by atoms with van der Waals surface area (Å²) in [5.74, 6) is 3.77. The third kappa shape index (κ3) is 11.1. The first-order chi connectivity index (χ1) is 28.3. The second kappa shape index (κ2) is 20.7. The zero-order valence-electron chi connectivity index (χ0n) is 33.4. The highest BCUT2D eigenvalue weighted by atomic mass is 35.5. The molecule has 11 heteroatoms. The zero-order valence-corrected chi connectivity index (χ0v) is 34.2. The Morgan fingerprint density at radius 3 is 1.53 bits per heavy atom. The van der Waals surface area contributed by atoms with Crippen LogP contribution < -0.4 is 18.9 Å². The van der Waals surface area contributed by atoms with Gasteiger partial charge in [-0.15, -0.1) is 10.2 Å². The predicted molar refractivity (Wildman–Crippen MR) is 227 cm³/mol. The molecule has 0 fully saturated rings. The molecule has 0 radical (unpaired) electrons. The van der Waals surface area contributed by atoms with Gasteiger partial charge in [0.25, 0.3) is 0 Å². The smallest absolute Gasteiger partial charge is 0.243 e. The van der Waals surface area contributed by atoms with Crippen LogP contribution in [0.2, 0.25) is 5.28 Å². The van der Waals surface area contributed by atoms with E-state index in [0.29, 0.717) is 53.5 Å². The quantitative estimate of drug-likeness (QED) is 0.0993. The fourth-order valence-corrected chi connectivity index (χ4v) is 6.55. The Hall–Kier alpha value is -6.39. The molecule has 0 bridgehead atoms. The van der Waals surface area contributed by atoms with E-state index < -0.39 is 0 Å².